The first-order chi connectivity index (χ1) is 59.3. The second-order valence-corrected chi connectivity index (χ2v) is 34.8. The standard InChI is InChI=1S/C116H87BN4/c1-115(2,3)90-70-98(85-48-30-44-81(64-85)76-34-12-7-13-35-76)113(99(71-90)86-49-31-45-82(65-86)77-36-14-8-15-37-77)120-108-74-92(118-104-56-26-22-52-94(104)95-53-23-27-57-105(95)118)60-62-102(108)117-103-63-61-93(119-106-58-28-24-54-96(106)97-55-25-29-59-107(97)119)75-109(103)121(111-69-89(68-110(120)112(111)117)80-42-20-11-21-43-80)114-100(87-50-32-46-83(66-87)78-38-16-9-17-39-78)72-91(116(4,5)6)73-101(114)88-51-33-47-84(67-88)79-40-18-10-19-41-79/h7-75H,1-6H3. The minimum atomic E-state index is -0.334. The first-order valence-corrected chi connectivity index (χ1v) is 42.4. The number of rotatable bonds is 13. The topological polar surface area (TPSA) is 16.3 Å². The summed E-state index contributed by atoms with van der Waals surface area (Å²) in [6, 6.07) is 158. The fourth-order valence-electron chi connectivity index (χ4n) is 19.4. The largest absolute Gasteiger partial charge is 0.310 e. The molecule has 0 saturated carbocycles. The van der Waals surface area contributed by atoms with Gasteiger partial charge < -0.3 is 18.9 Å². The lowest BCUT2D eigenvalue weighted by molar-refractivity contribution is 0.590. The van der Waals surface area contributed by atoms with Crippen LogP contribution in [-0.2, 0) is 10.8 Å². The highest BCUT2D eigenvalue weighted by Crippen LogP contribution is 2.57. The zero-order valence-electron chi connectivity index (χ0n) is 68.7. The highest BCUT2D eigenvalue weighted by atomic mass is 15.2. The Labute approximate surface area is 708 Å². The monoisotopic (exact) mass is 1550 g/mol. The summed E-state index contributed by atoms with van der Waals surface area (Å²) < 4.78 is 5.03. The Bertz CT molecular complexity index is 6730. The van der Waals surface area contributed by atoms with Gasteiger partial charge >= 0.3 is 0 Å². The van der Waals surface area contributed by atoms with Crippen molar-refractivity contribution in [3.05, 3.63) is 430 Å². The van der Waals surface area contributed by atoms with Crippen LogP contribution in [0.15, 0.2) is 419 Å². The molecule has 0 spiro atoms. The summed E-state index contributed by atoms with van der Waals surface area (Å²) in [6.07, 6.45) is 0. The molecule has 20 aromatic rings. The minimum Gasteiger partial charge on any atom is -0.310 e. The molecule has 574 valence electrons. The van der Waals surface area contributed by atoms with Gasteiger partial charge in [-0.05, 0) is 225 Å². The van der Waals surface area contributed by atoms with Crippen LogP contribution in [0.3, 0.4) is 0 Å². The van der Waals surface area contributed by atoms with E-state index in [1.54, 1.807) is 0 Å². The predicted molar refractivity (Wildman–Crippen MR) is 515 cm³/mol. The van der Waals surface area contributed by atoms with Crippen molar-refractivity contribution in [3.63, 3.8) is 0 Å². The predicted octanol–water partition coefficient (Wildman–Crippen LogP) is 29.6. The van der Waals surface area contributed by atoms with Crippen LogP contribution in [0.5, 0.6) is 0 Å². The molecule has 0 radical (unpaired) electrons. The third-order valence-electron chi connectivity index (χ3n) is 25.3. The average Bonchev–Trinajstić information content (AvgIpc) is 0.924. The van der Waals surface area contributed by atoms with E-state index in [1.165, 1.54) is 49.1 Å². The summed E-state index contributed by atoms with van der Waals surface area (Å²) in [6.45, 7) is 13.9. The van der Waals surface area contributed by atoms with Crippen LogP contribution in [0.25, 0.3) is 155 Å². The van der Waals surface area contributed by atoms with E-state index in [0.717, 1.165) is 168 Å². The maximum absolute atomic E-state index is 2.75. The van der Waals surface area contributed by atoms with Gasteiger partial charge in [-0.3, -0.25) is 0 Å². The number of aromatic nitrogens is 2. The number of anilines is 6. The molecule has 4 heterocycles. The van der Waals surface area contributed by atoms with Crippen molar-refractivity contribution in [1.29, 1.82) is 0 Å². The molecule has 18 aromatic carbocycles. The van der Waals surface area contributed by atoms with E-state index in [9.17, 15) is 0 Å². The van der Waals surface area contributed by atoms with Gasteiger partial charge in [-0.15, -0.1) is 0 Å². The molecule has 2 aromatic heterocycles. The number of fused-ring (bicyclic) bond motifs is 10. The quantitative estimate of drug-likeness (QED) is 0.107. The Morgan fingerprint density at radius 1 is 0.198 bits per heavy atom. The summed E-state index contributed by atoms with van der Waals surface area (Å²) in [5, 5.41) is 4.84. The number of hydrogen-bond acceptors (Lipinski definition) is 2. The molecule has 0 bridgehead atoms. The fourth-order valence-corrected chi connectivity index (χ4v) is 19.4. The van der Waals surface area contributed by atoms with Gasteiger partial charge in [0.15, 0.2) is 0 Å². The summed E-state index contributed by atoms with van der Waals surface area (Å²) >= 11 is 0. The number of benzene rings is 18. The van der Waals surface area contributed by atoms with E-state index in [1.807, 2.05) is 0 Å². The molecule has 121 heavy (non-hydrogen) atoms. The van der Waals surface area contributed by atoms with Crippen molar-refractivity contribution in [3.8, 4) is 112 Å². The second-order valence-electron chi connectivity index (χ2n) is 34.8. The van der Waals surface area contributed by atoms with Crippen molar-refractivity contribution < 1.29 is 0 Å². The summed E-state index contributed by atoms with van der Waals surface area (Å²) in [5.74, 6) is 0. The number of nitrogens with zero attached hydrogens (tertiary/aromatic N) is 4. The third kappa shape index (κ3) is 12.5. The molecular weight excluding hydrogens is 1460 g/mol. The number of para-hydroxylation sites is 4. The SMILES string of the molecule is CC(C)(C)c1cc(-c2cccc(-c3ccccc3)c2)c(N2c3cc(-n4c5ccccc5c5ccccc54)ccc3B3c4ccc(-n5c6ccccc6c6ccccc65)cc4N(c4c(-c5cccc(-c6ccccc6)c5)cc(C(C)(C)C)cc4-c4cccc(-c5ccccc5)c4)c4cc(-c5ccccc5)cc2c43)c(-c2cccc(-c3ccccc3)c2)c1. The molecule has 0 atom stereocenters. The summed E-state index contributed by atoms with van der Waals surface area (Å²) in [4.78, 5) is 5.51. The maximum atomic E-state index is 2.75. The van der Waals surface area contributed by atoms with Crippen LogP contribution >= 0.6 is 0 Å². The highest BCUT2D eigenvalue weighted by Gasteiger charge is 2.47. The first kappa shape index (κ1) is 72.7. The van der Waals surface area contributed by atoms with Crippen LogP contribution in [0, 0.1) is 0 Å². The van der Waals surface area contributed by atoms with Gasteiger partial charge in [0, 0.05) is 77.9 Å². The zero-order chi connectivity index (χ0) is 81.2. The van der Waals surface area contributed by atoms with Gasteiger partial charge in [-0.25, -0.2) is 0 Å². The first-order valence-electron chi connectivity index (χ1n) is 42.4. The van der Waals surface area contributed by atoms with Gasteiger partial charge in [0.2, 0.25) is 0 Å². The smallest absolute Gasteiger partial charge is 0.252 e. The summed E-state index contributed by atoms with van der Waals surface area (Å²) in [5.41, 5.74) is 39.1. The van der Waals surface area contributed by atoms with Crippen molar-refractivity contribution in [1.82, 2.24) is 9.13 Å². The van der Waals surface area contributed by atoms with Crippen LogP contribution in [-0.4, -0.2) is 15.8 Å². The molecular formula is C116H87BN4. The molecule has 0 aliphatic carbocycles. The van der Waals surface area contributed by atoms with E-state index in [0.29, 0.717) is 0 Å². The lowest BCUT2D eigenvalue weighted by atomic mass is 9.33. The van der Waals surface area contributed by atoms with E-state index in [4.69, 9.17) is 0 Å². The number of hydrogen-bond donors (Lipinski definition) is 0. The van der Waals surface area contributed by atoms with E-state index in [2.05, 4.69) is 479 Å². The van der Waals surface area contributed by atoms with E-state index in [-0.39, 0.29) is 17.5 Å². The lowest BCUT2D eigenvalue weighted by Gasteiger charge is -2.46. The molecule has 0 saturated heterocycles. The molecule has 2 aliphatic heterocycles. The Morgan fingerprint density at radius 3 is 0.727 bits per heavy atom. The van der Waals surface area contributed by atoms with Crippen molar-refractivity contribution in [2.75, 3.05) is 9.80 Å². The zero-order valence-corrected chi connectivity index (χ0v) is 68.7. The van der Waals surface area contributed by atoms with Crippen LogP contribution in [0.1, 0.15) is 52.7 Å². The highest BCUT2D eigenvalue weighted by molar-refractivity contribution is 7.00. The minimum absolute atomic E-state index is 0.293. The van der Waals surface area contributed by atoms with E-state index < -0.39 is 0 Å². The fraction of sp³-hybridized carbons (Fsp3) is 0.0690. The third-order valence-corrected chi connectivity index (χ3v) is 25.3. The van der Waals surface area contributed by atoms with Gasteiger partial charge in [0.1, 0.15) is 0 Å². The van der Waals surface area contributed by atoms with Crippen LogP contribution in [0.2, 0.25) is 0 Å². The van der Waals surface area contributed by atoms with Gasteiger partial charge in [0.25, 0.3) is 6.71 Å². The molecule has 0 amide bonds. The lowest BCUT2D eigenvalue weighted by Crippen LogP contribution is -2.61. The van der Waals surface area contributed by atoms with Crippen molar-refractivity contribution >= 4 is 101 Å². The molecule has 0 unspecified atom stereocenters. The second kappa shape index (κ2) is 29.1. The van der Waals surface area contributed by atoms with E-state index >= 15 is 0 Å². The molecule has 0 N–H and O–H groups in total. The van der Waals surface area contributed by atoms with Crippen molar-refractivity contribution in [2.24, 2.45) is 0 Å². The average molecular weight is 1550 g/mol. The van der Waals surface area contributed by atoms with Gasteiger partial charge in [-0.2, -0.15) is 0 Å². The Balaban J connectivity index is 0.936. The Morgan fingerprint density at radius 2 is 0.446 bits per heavy atom. The molecule has 2 aliphatic rings. The van der Waals surface area contributed by atoms with Gasteiger partial charge in [-0.1, -0.05) is 351 Å². The molecule has 0 fully saturated rings. The van der Waals surface area contributed by atoms with Crippen molar-refractivity contribution in [2.45, 2.75) is 52.4 Å². The normalized spacial score (nSPS) is 12.5. The molecule has 22 rings (SSSR count). The Kier molecular flexibility index (Phi) is 17.5. The van der Waals surface area contributed by atoms with Crippen LogP contribution < -0.4 is 26.2 Å². The van der Waals surface area contributed by atoms with Gasteiger partial charge in [0.05, 0.1) is 33.4 Å². The van der Waals surface area contributed by atoms with Crippen LogP contribution in [0.4, 0.5) is 34.1 Å². The maximum Gasteiger partial charge on any atom is 0.252 e. The Hall–Kier alpha value is -14.8. The molecule has 5 heteroatoms. The summed E-state index contributed by atoms with van der Waals surface area (Å²) in [7, 11) is 0. The molecule has 4 nitrogen and oxygen atoms in total.